The van der Waals surface area contributed by atoms with E-state index in [1.54, 1.807) is 0 Å². The Labute approximate surface area is 437 Å². The van der Waals surface area contributed by atoms with Gasteiger partial charge in [-0.05, 0) is 96.3 Å². The fraction of sp³-hybridized carbons (Fsp3) is 0.712. The fourth-order valence-electron chi connectivity index (χ4n) is 8.00. The summed E-state index contributed by atoms with van der Waals surface area (Å²) in [6, 6.07) is 0. The molecule has 0 saturated carbocycles. The van der Waals surface area contributed by atoms with E-state index >= 15 is 0 Å². The summed E-state index contributed by atoms with van der Waals surface area (Å²) in [4.78, 5) is 12.9. The zero-order valence-corrected chi connectivity index (χ0v) is 45.5. The van der Waals surface area contributed by atoms with Crippen molar-refractivity contribution >= 4 is 16.4 Å². The number of rotatable bonds is 48. The third-order valence-corrected chi connectivity index (χ3v) is 12.7. The Bertz CT molecular complexity index is 1620. The first kappa shape index (κ1) is 67.0. The van der Waals surface area contributed by atoms with E-state index in [0.29, 0.717) is 13.0 Å². The van der Waals surface area contributed by atoms with Gasteiger partial charge in [-0.3, -0.25) is 9.35 Å². The Kier molecular flexibility index (Phi) is 45.6. The molecule has 1 heterocycles. The maximum Gasteiger partial charge on any atom is 0.397 e. The molecule has 414 valence electrons. The third kappa shape index (κ3) is 41.4. The summed E-state index contributed by atoms with van der Waals surface area (Å²) in [5.74, 6) is -0.443. The average Bonchev–Trinajstić information content (AvgIpc) is 3.36. The van der Waals surface area contributed by atoms with Gasteiger partial charge >= 0.3 is 16.4 Å². The first-order chi connectivity index (χ1) is 35.1. The molecule has 1 aliphatic rings. The highest BCUT2D eigenvalue weighted by molar-refractivity contribution is 7.80. The molecule has 1 saturated heterocycles. The molecule has 0 spiro atoms. The van der Waals surface area contributed by atoms with E-state index < -0.39 is 59.8 Å². The van der Waals surface area contributed by atoms with Gasteiger partial charge in [0.25, 0.3) is 0 Å². The minimum atomic E-state index is -5.08. The minimum Gasteiger partial charge on any atom is -0.457 e. The van der Waals surface area contributed by atoms with Crippen LogP contribution in [0.5, 0.6) is 0 Å². The fourth-order valence-corrected chi connectivity index (χ4v) is 8.51. The number of aliphatic hydroxyl groups is 3. The molecule has 12 nitrogen and oxygen atoms in total. The highest BCUT2D eigenvalue weighted by Gasteiger charge is 2.48. The van der Waals surface area contributed by atoms with Crippen molar-refractivity contribution in [3.63, 3.8) is 0 Å². The molecular weight excluding hydrogens is 933 g/mol. The second kappa shape index (κ2) is 48.9. The summed E-state index contributed by atoms with van der Waals surface area (Å²) in [5.41, 5.74) is 0. The van der Waals surface area contributed by atoms with Crippen LogP contribution in [0.1, 0.15) is 206 Å². The molecule has 1 fully saturated rings. The largest absolute Gasteiger partial charge is 0.457 e. The molecule has 1 aliphatic heterocycles. The predicted octanol–water partition coefficient (Wildman–Crippen LogP) is 13.8. The highest BCUT2D eigenvalue weighted by Crippen LogP contribution is 2.26. The average molecular weight is 1030 g/mol. The topological polar surface area (TPSA) is 178 Å². The molecule has 72 heavy (non-hydrogen) atoms. The van der Waals surface area contributed by atoms with Crippen LogP contribution in [-0.2, 0) is 38.3 Å². The normalized spacial score (nSPS) is 19.7. The molecule has 0 bridgehead atoms. The van der Waals surface area contributed by atoms with Crippen LogP contribution in [0.3, 0.4) is 0 Å². The number of esters is 1. The quantitative estimate of drug-likeness (QED) is 0.0196. The van der Waals surface area contributed by atoms with Gasteiger partial charge in [0.1, 0.15) is 30.5 Å². The summed E-state index contributed by atoms with van der Waals surface area (Å²) in [7, 11) is -5.08. The first-order valence-electron chi connectivity index (χ1n) is 28.0. The predicted molar refractivity (Wildman–Crippen MR) is 294 cm³/mol. The SMILES string of the molecule is CC/C=C\C/C=C\C/C=C\C/C=C\C/C=C\C/C=C\CCCCC(=O)OC(COCCCCCCCCCCCCCC/C=C\C/C=C\CCCCCCC)COC1OC(CO)C(O)C(OS(=O)(=O)O)C1O. The summed E-state index contributed by atoms with van der Waals surface area (Å²) in [5, 5.41) is 30.8. The molecule has 1 rings (SSSR count). The van der Waals surface area contributed by atoms with Gasteiger partial charge in [0, 0.05) is 13.0 Å². The van der Waals surface area contributed by atoms with Gasteiger partial charge in [0.15, 0.2) is 6.29 Å². The van der Waals surface area contributed by atoms with Crippen LogP contribution < -0.4 is 0 Å². The van der Waals surface area contributed by atoms with Gasteiger partial charge in [-0.2, -0.15) is 8.42 Å². The number of carbonyl (C=O) groups is 1. The summed E-state index contributed by atoms with van der Waals surface area (Å²) >= 11 is 0. The van der Waals surface area contributed by atoms with Gasteiger partial charge in [0.2, 0.25) is 0 Å². The Balaban J connectivity index is 2.36. The molecule has 6 unspecified atom stereocenters. The molecule has 4 N–H and O–H groups in total. The second-order valence-electron chi connectivity index (χ2n) is 18.8. The first-order valence-corrected chi connectivity index (χ1v) is 29.4. The number of hydrogen-bond donors (Lipinski definition) is 4. The summed E-state index contributed by atoms with van der Waals surface area (Å²) in [6.45, 7) is 3.81. The van der Waals surface area contributed by atoms with Crippen LogP contribution in [0.25, 0.3) is 0 Å². The maximum absolute atomic E-state index is 12.9. The minimum absolute atomic E-state index is 0.0117. The number of allylic oxidation sites excluding steroid dienone is 16. The van der Waals surface area contributed by atoms with Crippen molar-refractivity contribution < 1.29 is 56.2 Å². The zero-order valence-electron chi connectivity index (χ0n) is 44.7. The molecule has 0 aromatic carbocycles. The molecule has 0 radical (unpaired) electrons. The molecule has 0 aliphatic carbocycles. The number of hydrogen-bond acceptors (Lipinski definition) is 11. The lowest BCUT2D eigenvalue weighted by Gasteiger charge is -2.41. The Morgan fingerprint density at radius 3 is 1.40 bits per heavy atom. The van der Waals surface area contributed by atoms with Crippen molar-refractivity contribution in [2.24, 2.45) is 0 Å². The van der Waals surface area contributed by atoms with E-state index in [9.17, 15) is 33.1 Å². The van der Waals surface area contributed by atoms with E-state index in [-0.39, 0.29) is 19.6 Å². The van der Waals surface area contributed by atoms with Crippen molar-refractivity contribution in [3.05, 3.63) is 97.2 Å². The standard InChI is InChI=1S/C59H100O12S/c1-3-5-7-9-11-13-15-17-19-21-23-25-26-27-29-31-33-35-37-39-41-43-45-47-49-67-51-53(52-68-59-57(63)58(71-72(64,65)66)56(62)54(50-60)70-59)69-55(61)48-46-44-42-40-38-36-34-32-30-28-24-22-20-18-16-14-12-10-8-6-4-2/h6,8,12,14-15,17-18,20-21,23-24,28,32,34,38,40,53-54,56-60,62-63H,3-5,7,9-11,13,16,19,22,25-27,29-31,33,35-37,39,41-52H2,1-2H3,(H,64,65,66)/b8-6-,14-12-,17-15-,20-18-,23-21-,28-24-,34-32-,40-38-. The van der Waals surface area contributed by atoms with Crippen LogP contribution >= 0.6 is 0 Å². The summed E-state index contributed by atoms with van der Waals surface area (Å²) in [6.07, 6.45) is 58.7. The highest BCUT2D eigenvalue weighted by atomic mass is 32.3. The van der Waals surface area contributed by atoms with E-state index in [1.807, 2.05) is 0 Å². The van der Waals surface area contributed by atoms with Crippen molar-refractivity contribution in [2.75, 3.05) is 26.4 Å². The van der Waals surface area contributed by atoms with Crippen LogP contribution in [0.2, 0.25) is 0 Å². The van der Waals surface area contributed by atoms with Gasteiger partial charge in [-0.15, -0.1) is 0 Å². The van der Waals surface area contributed by atoms with Gasteiger partial charge in [0.05, 0.1) is 19.8 Å². The number of carbonyl (C=O) groups excluding carboxylic acids is 1. The summed E-state index contributed by atoms with van der Waals surface area (Å²) < 4.78 is 59.3. The van der Waals surface area contributed by atoms with Crippen molar-refractivity contribution in [1.29, 1.82) is 0 Å². The lowest BCUT2D eigenvalue weighted by molar-refractivity contribution is -0.301. The molecule has 13 heteroatoms. The van der Waals surface area contributed by atoms with Crippen LogP contribution in [0.4, 0.5) is 0 Å². The van der Waals surface area contributed by atoms with E-state index in [2.05, 4.69) is 115 Å². The molecule has 0 aromatic heterocycles. The monoisotopic (exact) mass is 1030 g/mol. The van der Waals surface area contributed by atoms with Gasteiger partial charge < -0.3 is 34.3 Å². The number of ether oxygens (including phenoxy) is 4. The lowest BCUT2D eigenvalue weighted by Crippen LogP contribution is -2.60. The van der Waals surface area contributed by atoms with E-state index in [4.69, 9.17) is 18.9 Å². The molecular formula is C59H100O12S. The Morgan fingerprint density at radius 2 is 0.958 bits per heavy atom. The van der Waals surface area contributed by atoms with E-state index in [1.165, 1.54) is 103 Å². The van der Waals surface area contributed by atoms with Crippen LogP contribution in [0, 0.1) is 0 Å². The third-order valence-electron chi connectivity index (χ3n) is 12.2. The number of aliphatic hydroxyl groups excluding tert-OH is 3. The van der Waals surface area contributed by atoms with Crippen molar-refractivity contribution in [1.82, 2.24) is 0 Å². The van der Waals surface area contributed by atoms with Crippen LogP contribution in [-0.4, -0.2) is 97.5 Å². The van der Waals surface area contributed by atoms with Crippen LogP contribution in [0.15, 0.2) is 97.2 Å². The number of unbranched alkanes of at least 4 members (excludes halogenated alkanes) is 19. The van der Waals surface area contributed by atoms with Gasteiger partial charge in [-0.25, -0.2) is 4.18 Å². The zero-order chi connectivity index (χ0) is 52.4. The maximum atomic E-state index is 12.9. The lowest BCUT2D eigenvalue weighted by atomic mass is 9.99. The van der Waals surface area contributed by atoms with Crippen molar-refractivity contribution in [2.45, 2.75) is 243 Å². The van der Waals surface area contributed by atoms with Gasteiger partial charge in [-0.1, -0.05) is 201 Å². The molecule has 6 atom stereocenters. The van der Waals surface area contributed by atoms with Crippen molar-refractivity contribution in [3.8, 4) is 0 Å². The molecule has 0 amide bonds. The Hall–Kier alpha value is -2.98. The molecule has 0 aromatic rings. The van der Waals surface area contributed by atoms with E-state index in [0.717, 1.165) is 77.0 Å². The Morgan fingerprint density at radius 1 is 0.542 bits per heavy atom. The second-order valence-corrected chi connectivity index (χ2v) is 19.8. The smallest absolute Gasteiger partial charge is 0.397 e.